The number of benzene rings is 1. The van der Waals surface area contributed by atoms with Crippen molar-refractivity contribution in [3.63, 3.8) is 0 Å². The summed E-state index contributed by atoms with van der Waals surface area (Å²) in [5.74, 6) is 1.32. The lowest BCUT2D eigenvalue weighted by Gasteiger charge is -2.34. The summed E-state index contributed by atoms with van der Waals surface area (Å²) in [6, 6.07) is 7.40. The minimum atomic E-state index is -0.176. The van der Waals surface area contributed by atoms with Gasteiger partial charge in [0.2, 0.25) is 0 Å². The maximum absolute atomic E-state index is 13.2. The number of halogens is 1. The van der Waals surface area contributed by atoms with Gasteiger partial charge in [-0.05, 0) is 70.2 Å². The van der Waals surface area contributed by atoms with Crippen molar-refractivity contribution >= 4 is 5.96 Å². The van der Waals surface area contributed by atoms with Gasteiger partial charge in [0.1, 0.15) is 5.82 Å². The summed E-state index contributed by atoms with van der Waals surface area (Å²) in [5.41, 5.74) is 1.00. The fourth-order valence-electron chi connectivity index (χ4n) is 3.30. The Morgan fingerprint density at radius 1 is 1.36 bits per heavy atom. The van der Waals surface area contributed by atoms with Crippen LogP contribution in [0.15, 0.2) is 29.3 Å². The monoisotopic (exact) mass is 348 g/mol. The van der Waals surface area contributed by atoms with Crippen LogP contribution in [0.25, 0.3) is 0 Å². The average molecular weight is 349 g/mol. The number of rotatable bonds is 7. The Balaban J connectivity index is 1.81. The lowest BCUT2D eigenvalue weighted by atomic mass is 9.97. The molecule has 5 heteroatoms. The summed E-state index contributed by atoms with van der Waals surface area (Å²) >= 11 is 0. The van der Waals surface area contributed by atoms with Crippen LogP contribution in [0.4, 0.5) is 4.39 Å². The first-order chi connectivity index (χ1) is 12.1. The quantitative estimate of drug-likeness (QED) is 0.588. The molecule has 2 N–H and O–H groups in total. The summed E-state index contributed by atoms with van der Waals surface area (Å²) in [6.07, 6.45) is 3.31. The predicted octanol–water partition coefficient (Wildman–Crippen LogP) is 3.04. The lowest BCUT2D eigenvalue weighted by Crippen LogP contribution is -2.42. The second kappa shape index (κ2) is 10.4. The number of hydrogen-bond acceptors (Lipinski definition) is 2. The third kappa shape index (κ3) is 7.02. The Morgan fingerprint density at radius 3 is 2.92 bits per heavy atom. The van der Waals surface area contributed by atoms with Crippen LogP contribution in [0.2, 0.25) is 0 Å². The number of nitrogens with zero attached hydrogens (tertiary/aromatic N) is 2. The number of guanidine groups is 1. The molecular formula is C20H33FN4. The van der Waals surface area contributed by atoms with Gasteiger partial charge in [-0.15, -0.1) is 0 Å². The number of aliphatic imine (C=N–C) groups is 1. The van der Waals surface area contributed by atoms with Crippen LogP contribution in [0, 0.1) is 11.7 Å². The zero-order valence-electron chi connectivity index (χ0n) is 15.9. The number of piperidine rings is 1. The highest BCUT2D eigenvalue weighted by atomic mass is 19.1. The van der Waals surface area contributed by atoms with Crippen molar-refractivity contribution in [2.24, 2.45) is 10.9 Å². The highest BCUT2D eigenvalue weighted by molar-refractivity contribution is 5.79. The van der Waals surface area contributed by atoms with Crippen molar-refractivity contribution < 1.29 is 4.39 Å². The standard InChI is InChI=1S/C20H33FN4/c1-4-22-20(23-11-10-17-7-5-9-19(21)13-17)24-14-18-8-6-12-25(15-18)16(2)3/h5,7,9,13,16,18H,4,6,8,10-12,14-15H2,1-3H3,(H2,22,23,24). The molecule has 1 aliphatic heterocycles. The van der Waals surface area contributed by atoms with Crippen molar-refractivity contribution in [2.75, 3.05) is 32.7 Å². The van der Waals surface area contributed by atoms with E-state index in [0.717, 1.165) is 44.1 Å². The normalized spacial score (nSPS) is 19.2. The van der Waals surface area contributed by atoms with Gasteiger partial charge in [-0.2, -0.15) is 0 Å². The van der Waals surface area contributed by atoms with Gasteiger partial charge < -0.3 is 15.5 Å². The van der Waals surface area contributed by atoms with Crippen LogP contribution in [0.3, 0.4) is 0 Å². The lowest BCUT2D eigenvalue weighted by molar-refractivity contribution is 0.143. The summed E-state index contributed by atoms with van der Waals surface area (Å²) < 4.78 is 13.2. The van der Waals surface area contributed by atoms with Crippen molar-refractivity contribution in [3.8, 4) is 0 Å². The highest BCUT2D eigenvalue weighted by Gasteiger charge is 2.21. The molecule has 1 aromatic rings. The fraction of sp³-hybridized carbons (Fsp3) is 0.650. The molecule has 1 atom stereocenters. The van der Waals surface area contributed by atoms with E-state index >= 15 is 0 Å². The SMILES string of the molecule is CCNC(=NCC1CCCN(C(C)C)C1)NCCc1cccc(F)c1. The molecule has 0 aromatic heterocycles. The molecule has 1 heterocycles. The topological polar surface area (TPSA) is 39.7 Å². The first-order valence-corrected chi connectivity index (χ1v) is 9.59. The number of likely N-dealkylation sites (tertiary alicyclic amines) is 1. The van der Waals surface area contributed by atoms with Gasteiger partial charge in [-0.3, -0.25) is 4.99 Å². The highest BCUT2D eigenvalue weighted by Crippen LogP contribution is 2.18. The van der Waals surface area contributed by atoms with Crippen LogP contribution >= 0.6 is 0 Å². The molecule has 0 saturated carbocycles. The smallest absolute Gasteiger partial charge is 0.191 e. The van der Waals surface area contributed by atoms with E-state index in [1.165, 1.54) is 25.5 Å². The Hall–Kier alpha value is -1.62. The third-order valence-corrected chi connectivity index (χ3v) is 4.73. The molecular weight excluding hydrogens is 315 g/mol. The second-order valence-corrected chi connectivity index (χ2v) is 7.12. The Kier molecular flexibility index (Phi) is 8.19. The molecule has 0 bridgehead atoms. The minimum absolute atomic E-state index is 0.176. The Morgan fingerprint density at radius 2 is 2.20 bits per heavy atom. The molecule has 1 fully saturated rings. The zero-order valence-corrected chi connectivity index (χ0v) is 15.9. The second-order valence-electron chi connectivity index (χ2n) is 7.12. The molecule has 2 rings (SSSR count). The zero-order chi connectivity index (χ0) is 18.1. The van der Waals surface area contributed by atoms with Crippen molar-refractivity contribution in [1.82, 2.24) is 15.5 Å². The molecule has 0 spiro atoms. The summed E-state index contributed by atoms with van der Waals surface area (Å²) in [6.45, 7) is 11.4. The third-order valence-electron chi connectivity index (χ3n) is 4.73. The van der Waals surface area contributed by atoms with Crippen molar-refractivity contribution in [1.29, 1.82) is 0 Å². The van der Waals surface area contributed by atoms with Crippen LogP contribution < -0.4 is 10.6 Å². The van der Waals surface area contributed by atoms with Gasteiger partial charge in [0.15, 0.2) is 5.96 Å². The van der Waals surface area contributed by atoms with E-state index in [-0.39, 0.29) is 5.82 Å². The van der Waals surface area contributed by atoms with Gasteiger partial charge in [-0.1, -0.05) is 12.1 Å². The Bertz CT molecular complexity index is 544. The predicted molar refractivity (Wildman–Crippen MR) is 104 cm³/mol. The van der Waals surface area contributed by atoms with Gasteiger partial charge in [0.25, 0.3) is 0 Å². The van der Waals surface area contributed by atoms with Crippen LogP contribution in [0.1, 0.15) is 39.2 Å². The fourth-order valence-corrected chi connectivity index (χ4v) is 3.30. The molecule has 1 saturated heterocycles. The van der Waals surface area contributed by atoms with Crippen molar-refractivity contribution in [3.05, 3.63) is 35.6 Å². The molecule has 25 heavy (non-hydrogen) atoms. The molecule has 1 aromatic carbocycles. The van der Waals surface area contributed by atoms with E-state index < -0.39 is 0 Å². The van der Waals surface area contributed by atoms with Crippen molar-refractivity contribution in [2.45, 2.75) is 46.1 Å². The summed E-state index contributed by atoms with van der Waals surface area (Å²) in [7, 11) is 0. The van der Waals surface area contributed by atoms with Gasteiger partial charge in [0, 0.05) is 32.2 Å². The summed E-state index contributed by atoms with van der Waals surface area (Å²) in [4.78, 5) is 7.32. The molecule has 140 valence electrons. The molecule has 0 radical (unpaired) electrons. The van der Waals surface area contributed by atoms with Gasteiger partial charge in [-0.25, -0.2) is 4.39 Å². The molecule has 0 aliphatic carbocycles. The largest absolute Gasteiger partial charge is 0.357 e. The van der Waals surface area contributed by atoms with Crippen LogP contribution in [-0.2, 0) is 6.42 Å². The minimum Gasteiger partial charge on any atom is -0.357 e. The molecule has 4 nitrogen and oxygen atoms in total. The van der Waals surface area contributed by atoms with Crippen LogP contribution in [0.5, 0.6) is 0 Å². The molecule has 1 unspecified atom stereocenters. The number of hydrogen-bond donors (Lipinski definition) is 2. The van der Waals surface area contributed by atoms with E-state index in [1.807, 2.05) is 6.07 Å². The molecule has 0 amide bonds. The van der Waals surface area contributed by atoms with E-state index in [1.54, 1.807) is 12.1 Å². The van der Waals surface area contributed by atoms with E-state index in [0.29, 0.717) is 12.0 Å². The van der Waals surface area contributed by atoms with E-state index in [9.17, 15) is 4.39 Å². The maximum Gasteiger partial charge on any atom is 0.191 e. The Labute approximate surface area is 151 Å². The number of nitrogens with one attached hydrogen (secondary N) is 2. The van der Waals surface area contributed by atoms with Crippen LogP contribution in [-0.4, -0.2) is 49.6 Å². The average Bonchev–Trinajstić information content (AvgIpc) is 2.60. The van der Waals surface area contributed by atoms with E-state index in [2.05, 4.69) is 36.3 Å². The summed E-state index contributed by atoms with van der Waals surface area (Å²) in [5, 5.41) is 6.67. The maximum atomic E-state index is 13.2. The van der Waals surface area contributed by atoms with Gasteiger partial charge in [0.05, 0.1) is 0 Å². The van der Waals surface area contributed by atoms with Gasteiger partial charge >= 0.3 is 0 Å². The first-order valence-electron chi connectivity index (χ1n) is 9.59. The molecule has 1 aliphatic rings. The first kappa shape index (κ1) is 19.7. The van der Waals surface area contributed by atoms with E-state index in [4.69, 9.17) is 4.99 Å².